The third kappa shape index (κ3) is 4.58. The van der Waals surface area contributed by atoms with Crippen LogP contribution < -0.4 is 11.1 Å². The number of aromatic nitrogens is 1. The predicted molar refractivity (Wildman–Crippen MR) is 94.1 cm³/mol. The number of hydrogen-bond acceptors (Lipinski definition) is 5. The Morgan fingerprint density at radius 3 is 2.81 bits per heavy atom. The molecule has 0 radical (unpaired) electrons. The molecule has 1 aromatic carbocycles. The molecule has 0 aliphatic heterocycles. The van der Waals surface area contributed by atoms with Gasteiger partial charge < -0.3 is 16.0 Å². The monoisotopic (exact) mass is 306 g/mol. The Morgan fingerprint density at radius 1 is 1.33 bits per heavy atom. The molecule has 21 heavy (non-hydrogen) atoms. The average molecular weight is 306 g/mol. The molecular formula is C16H26N4S. The number of anilines is 2. The van der Waals surface area contributed by atoms with Crippen LogP contribution in [0.4, 0.5) is 10.8 Å². The Labute approximate surface area is 131 Å². The predicted octanol–water partition coefficient (Wildman–Crippen LogP) is 3.80. The molecular weight excluding hydrogens is 280 g/mol. The van der Waals surface area contributed by atoms with Crippen LogP contribution in [0.2, 0.25) is 0 Å². The van der Waals surface area contributed by atoms with Crippen LogP contribution in [-0.4, -0.2) is 35.6 Å². The van der Waals surface area contributed by atoms with E-state index in [1.165, 1.54) is 13.0 Å². The van der Waals surface area contributed by atoms with Crippen molar-refractivity contribution in [2.24, 2.45) is 0 Å². The van der Waals surface area contributed by atoms with Crippen molar-refractivity contribution in [1.82, 2.24) is 9.88 Å². The van der Waals surface area contributed by atoms with E-state index in [0.29, 0.717) is 6.04 Å². The van der Waals surface area contributed by atoms with Gasteiger partial charge in [-0.05, 0) is 57.6 Å². The number of nitrogen functional groups attached to an aromatic ring is 1. The van der Waals surface area contributed by atoms with E-state index < -0.39 is 0 Å². The summed E-state index contributed by atoms with van der Waals surface area (Å²) in [7, 11) is 0. The molecule has 0 saturated carbocycles. The largest absolute Gasteiger partial charge is 0.399 e. The van der Waals surface area contributed by atoms with E-state index in [-0.39, 0.29) is 0 Å². The summed E-state index contributed by atoms with van der Waals surface area (Å²) < 4.78 is 1.15. The lowest BCUT2D eigenvalue weighted by molar-refractivity contribution is 0.295. The van der Waals surface area contributed by atoms with Gasteiger partial charge in [-0.2, -0.15) is 0 Å². The van der Waals surface area contributed by atoms with Gasteiger partial charge in [0.15, 0.2) is 5.13 Å². The van der Waals surface area contributed by atoms with E-state index in [0.717, 1.165) is 40.5 Å². The van der Waals surface area contributed by atoms with Gasteiger partial charge in [-0.3, -0.25) is 0 Å². The van der Waals surface area contributed by atoms with Crippen molar-refractivity contribution in [3.63, 3.8) is 0 Å². The summed E-state index contributed by atoms with van der Waals surface area (Å²) >= 11 is 1.68. The van der Waals surface area contributed by atoms with Crippen molar-refractivity contribution in [3.05, 3.63) is 18.2 Å². The first-order valence-corrected chi connectivity index (χ1v) is 8.59. The number of nitrogens with zero attached hydrogens (tertiary/aromatic N) is 2. The maximum atomic E-state index is 5.81. The van der Waals surface area contributed by atoms with Crippen molar-refractivity contribution < 1.29 is 0 Å². The minimum Gasteiger partial charge on any atom is -0.399 e. The van der Waals surface area contributed by atoms with E-state index in [9.17, 15) is 0 Å². The molecule has 0 spiro atoms. The van der Waals surface area contributed by atoms with Crippen LogP contribution in [0.15, 0.2) is 18.2 Å². The van der Waals surface area contributed by atoms with Gasteiger partial charge in [0.05, 0.1) is 10.2 Å². The lowest BCUT2D eigenvalue weighted by Crippen LogP contribution is -2.25. The molecule has 0 fully saturated rings. The summed E-state index contributed by atoms with van der Waals surface area (Å²) in [5, 5.41) is 4.50. The van der Waals surface area contributed by atoms with Gasteiger partial charge in [-0.1, -0.05) is 25.2 Å². The Hall–Kier alpha value is -1.33. The number of benzene rings is 1. The summed E-state index contributed by atoms with van der Waals surface area (Å²) in [6.45, 7) is 10.1. The zero-order valence-electron chi connectivity index (χ0n) is 13.2. The Kier molecular flexibility index (Phi) is 5.82. The van der Waals surface area contributed by atoms with Crippen LogP contribution >= 0.6 is 11.3 Å². The van der Waals surface area contributed by atoms with Crippen molar-refractivity contribution in [1.29, 1.82) is 0 Å². The molecule has 1 atom stereocenters. The van der Waals surface area contributed by atoms with Gasteiger partial charge in [0, 0.05) is 11.7 Å². The SMILES string of the molecule is CCN(CC)CCCC(C)Nc1nc2ccc(N)cc2s1. The highest BCUT2D eigenvalue weighted by atomic mass is 32.1. The maximum absolute atomic E-state index is 5.81. The van der Waals surface area contributed by atoms with Gasteiger partial charge in [0.25, 0.3) is 0 Å². The highest BCUT2D eigenvalue weighted by Crippen LogP contribution is 2.28. The first-order valence-electron chi connectivity index (χ1n) is 7.77. The molecule has 116 valence electrons. The fourth-order valence-electron chi connectivity index (χ4n) is 2.45. The van der Waals surface area contributed by atoms with Gasteiger partial charge in [0.1, 0.15) is 0 Å². The average Bonchev–Trinajstić information content (AvgIpc) is 2.84. The summed E-state index contributed by atoms with van der Waals surface area (Å²) in [5.41, 5.74) is 7.63. The molecule has 4 nitrogen and oxygen atoms in total. The number of nitrogens with two attached hydrogens (primary N) is 1. The molecule has 0 saturated heterocycles. The number of nitrogens with one attached hydrogen (secondary N) is 1. The van der Waals surface area contributed by atoms with Crippen LogP contribution in [0.5, 0.6) is 0 Å². The van der Waals surface area contributed by atoms with Crippen molar-refractivity contribution in [2.75, 3.05) is 30.7 Å². The highest BCUT2D eigenvalue weighted by Gasteiger charge is 2.08. The Bertz CT molecular complexity index is 562. The third-order valence-corrected chi connectivity index (χ3v) is 4.74. The standard InChI is InChI=1S/C16H26N4S/c1-4-20(5-2)10-6-7-12(3)18-16-19-14-9-8-13(17)11-15(14)21-16/h8-9,11-12H,4-7,10,17H2,1-3H3,(H,18,19). The summed E-state index contributed by atoms with van der Waals surface area (Å²) in [6, 6.07) is 6.32. The van der Waals surface area contributed by atoms with Gasteiger partial charge in [0.2, 0.25) is 0 Å². The number of thiazole rings is 1. The van der Waals surface area contributed by atoms with E-state index in [1.54, 1.807) is 11.3 Å². The zero-order valence-corrected chi connectivity index (χ0v) is 14.0. The molecule has 0 bridgehead atoms. The second-order valence-corrected chi connectivity index (χ2v) is 6.49. The second kappa shape index (κ2) is 7.61. The zero-order chi connectivity index (χ0) is 15.2. The molecule has 2 rings (SSSR count). The highest BCUT2D eigenvalue weighted by molar-refractivity contribution is 7.22. The molecule has 1 unspecified atom stereocenters. The smallest absolute Gasteiger partial charge is 0.183 e. The number of hydrogen-bond donors (Lipinski definition) is 2. The van der Waals surface area contributed by atoms with Crippen molar-refractivity contribution >= 4 is 32.4 Å². The van der Waals surface area contributed by atoms with E-state index in [1.807, 2.05) is 18.2 Å². The first-order chi connectivity index (χ1) is 10.1. The molecule has 5 heteroatoms. The van der Waals surface area contributed by atoms with Crippen LogP contribution in [0.3, 0.4) is 0 Å². The van der Waals surface area contributed by atoms with Crippen LogP contribution in [0, 0.1) is 0 Å². The van der Waals surface area contributed by atoms with Crippen LogP contribution in [-0.2, 0) is 0 Å². The third-order valence-electron chi connectivity index (χ3n) is 3.79. The number of rotatable bonds is 8. The van der Waals surface area contributed by atoms with Crippen molar-refractivity contribution in [3.8, 4) is 0 Å². The summed E-state index contributed by atoms with van der Waals surface area (Å²) in [4.78, 5) is 7.08. The summed E-state index contributed by atoms with van der Waals surface area (Å²) in [5.74, 6) is 0. The lowest BCUT2D eigenvalue weighted by Gasteiger charge is -2.19. The topological polar surface area (TPSA) is 54.2 Å². The molecule has 3 N–H and O–H groups in total. The molecule has 1 heterocycles. The minimum atomic E-state index is 0.443. The number of fused-ring (bicyclic) bond motifs is 1. The Morgan fingerprint density at radius 2 is 2.10 bits per heavy atom. The van der Waals surface area contributed by atoms with E-state index in [2.05, 4.69) is 36.0 Å². The lowest BCUT2D eigenvalue weighted by atomic mass is 10.2. The molecule has 2 aromatic rings. The van der Waals surface area contributed by atoms with Crippen LogP contribution in [0.25, 0.3) is 10.2 Å². The fourth-order valence-corrected chi connectivity index (χ4v) is 3.47. The Balaban J connectivity index is 1.85. The normalized spacial score (nSPS) is 13.0. The molecule has 0 aliphatic carbocycles. The van der Waals surface area contributed by atoms with Crippen molar-refractivity contribution in [2.45, 2.75) is 39.7 Å². The van der Waals surface area contributed by atoms with Gasteiger partial charge in [-0.15, -0.1) is 0 Å². The molecule has 0 amide bonds. The minimum absolute atomic E-state index is 0.443. The van der Waals surface area contributed by atoms with Gasteiger partial charge in [-0.25, -0.2) is 4.98 Å². The van der Waals surface area contributed by atoms with E-state index >= 15 is 0 Å². The van der Waals surface area contributed by atoms with Crippen LogP contribution in [0.1, 0.15) is 33.6 Å². The van der Waals surface area contributed by atoms with E-state index in [4.69, 9.17) is 5.73 Å². The van der Waals surface area contributed by atoms with Gasteiger partial charge >= 0.3 is 0 Å². The quantitative estimate of drug-likeness (QED) is 0.728. The second-order valence-electron chi connectivity index (χ2n) is 5.46. The fraction of sp³-hybridized carbons (Fsp3) is 0.562. The maximum Gasteiger partial charge on any atom is 0.183 e. The summed E-state index contributed by atoms with van der Waals surface area (Å²) in [6.07, 6.45) is 2.38. The first kappa shape index (κ1) is 16.0. The molecule has 1 aromatic heterocycles. The molecule has 0 aliphatic rings.